The number of para-hydroxylation sites is 1. The lowest BCUT2D eigenvalue weighted by molar-refractivity contribution is 0.0205. The number of furan rings is 2. The highest BCUT2D eigenvalue weighted by Crippen LogP contribution is 2.40. The van der Waals surface area contributed by atoms with E-state index in [0.717, 1.165) is 24.0 Å². The highest BCUT2D eigenvalue weighted by atomic mass is 16.5. The number of carbonyl (C=O) groups excluding carboxylic acids is 1. The number of fused-ring (bicyclic) bond motifs is 1. The van der Waals surface area contributed by atoms with Gasteiger partial charge in [0.05, 0.1) is 31.2 Å². The Morgan fingerprint density at radius 3 is 2.70 bits per heavy atom. The van der Waals surface area contributed by atoms with Crippen molar-refractivity contribution < 1.29 is 18.4 Å². The first-order valence-electron chi connectivity index (χ1n) is 9.89. The molecule has 0 radical (unpaired) electrons. The zero-order valence-corrected chi connectivity index (χ0v) is 16.3. The maximum absolute atomic E-state index is 12.8. The summed E-state index contributed by atoms with van der Waals surface area (Å²) < 4.78 is 17.2. The molecule has 1 fully saturated rings. The van der Waals surface area contributed by atoms with Crippen LogP contribution in [-0.2, 0) is 4.74 Å². The van der Waals surface area contributed by atoms with Crippen molar-refractivity contribution in [3.05, 3.63) is 84.3 Å². The fourth-order valence-electron chi connectivity index (χ4n) is 3.87. The first kappa shape index (κ1) is 18.6. The molecule has 1 N–H and O–H groups in total. The second-order valence-corrected chi connectivity index (χ2v) is 7.11. The van der Waals surface area contributed by atoms with Crippen LogP contribution in [-0.4, -0.2) is 42.1 Å². The van der Waals surface area contributed by atoms with E-state index in [1.54, 1.807) is 18.3 Å². The summed E-state index contributed by atoms with van der Waals surface area (Å²) in [6, 6.07) is 14.8. The molecule has 0 aliphatic carbocycles. The minimum atomic E-state index is -0.320. The molecule has 1 aliphatic rings. The number of anilines is 1. The Morgan fingerprint density at radius 2 is 1.93 bits per heavy atom. The van der Waals surface area contributed by atoms with Crippen LogP contribution in [0.3, 0.4) is 0 Å². The van der Waals surface area contributed by atoms with Crippen molar-refractivity contribution in [3.8, 4) is 0 Å². The van der Waals surface area contributed by atoms with Crippen molar-refractivity contribution in [3.63, 3.8) is 0 Å². The molecular weight excluding hydrogens is 382 g/mol. The van der Waals surface area contributed by atoms with Gasteiger partial charge in [-0.1, -0.05) is 18.2 Å². The molecule has 4 heterocycles. The van der Waals surface area contributed by atoms with E-state index in [0.29, 0.717) is 30.2 Å². The summed E-state index contributed by atoms with van der Waals surface area (Å²) >= 11 is 0. The Hall–Kier alpha value is -3.42. The fourth-order valence-corrected chi connectivity index (χ4v) is 3.87. The van der Waals surface area contributed by atoms with E-state index in [4.69, 9.17) is 13.6 Å². The Kier molecular flexibility index (Phi) is 5.04. The molecule has 0 saturated carbocycles. The summed E-state index contributed by atoms with van der Waals surface area (Å²) in [5.41, 5.74) is 2.35. The molecule has 0 spiro atoms. The van der Waals surface area contributed by atoms with Gasteiger partial charge < -0.3 is 18.9 Å². The van der Waals surface area contributed by atoms with Crippen LogP contribution in [0.1, 0.15) is 27.9 Å². The molecule has 5 rings (SSSR count). The zero-order chi connectivity index (χ0) is 20.3. The summed E-state index contributed by atoms with van der Waals surface area (Å²) in [4.78, 5) is 19.4. The van der Waals surface area contributed by atoms with Gasteiger partial charge in [-0.3, -0.25) is 14.7 Å². The molecular formula is C23H21N3O4. The zero-order valence-electron chi connectivity index (χ0n) is 16.3. The van der Waals surface area contributed by atoms with Crippen LogP contribution >= 0.6 is 0 Å². The van der Waals surface area contributed by atoms with Crippen LogP contribution in [0.15, 0.2) is 76.0 Å². The fraction of sp³-hybridized carbons (Fsp3) is 0.217. The SMILES string of the molecule is O=C(Nc1c([C@H](c2cccnc2)N2CCOCC2)oc2ccccc12)c1ccco1. The Labute approximate surface area is 173 Å². The average molecular weight is 403 g/mol. The lowest BCUT2D eigenvalue weighted by atomic mass is 10.0. The van der Waals surface area contributed by atoms with Gasteiger partial charge in [0.15, 0.2) is 11.5 Å². The number of pyridine rings is 1. The third-order valence-electron chi connectivity index (χ3n) is 5.27. The maximum atomic E-state index is 12.8. The smallest absolute Gasteiger partial charge is 0.291 e. The van der Waals surface area contributed by atoms with Gasteiger partial charge in [-0.15, -0.1) is 0 Å². The quantitative estimate of drug-likeness (QED) is 0.541. The van der Waals surface area contributed by atoms with Gasteiger partial charge >= 0.3 is 0 Å². The van der Waals surface area contributed by atoms with Crippen molar-refractivity contribution in [2.75, 3.05) is 31.6 Å². The third-order valence-corrected chi connectivity index (χ3v) is 5.27. The summed E-state index contributed by atoms with van der Waals surface area (Å²) in [7, 11) is 0. The van der Waals surface area contributed by atoms with Gasteiger partial charge in [0.1, 0.15) is 5.58 Å². The number of nitrogens with one attached hydrogen (secondary N) is 1. The largest absolute Gasteiger partial charge is 0.459 e. The minimum absolute atomic E-state index is 0.207. The predicted molar refractivity (Wildman–Crippen MR) is 111 cm³/mol. The highest BCUT2D eigenvalue weighted by molar-refractivity contribution is 6.08. The Balaban J connectivity index is 1.64. The molecule has 1 atom stereocenters. The number of rotatable bonds is 5. The molecule has 152 valence electrons. The molecule has 7 nitrogen and oxygen atoms in total. The maximum Gasteiger partial charge on any atom is 0.291 e. The van der Waals surface area contributed by atoms with Crippen LogP contribution in [0.25, 0.3) is 11.0 Å². The molecule has 4 aromatic rings. The minimum Gasteiger partial charge on any atom is -0.459 e. The number of nitrogens with zero attached hydrogens (tertiary/aromatic N) is 2. The first-order valence-corrected chi connectivity index (χ1v) is 9.89. The monoisotopic (exact) mass is 403 g/mol. The molecule has 0 bridgehead atoms. The number of amides is 1. The molecule has 0 unspecified atom stereocenters. The van der Waals surface area contributed by atoms with E-state index < -0.39 is 0 Å². The van der Waals surface area contributed by atoms with Gasteiger partial charge in [0.2, 0.25) is 0 Å². The van der Waals surface area contributed by atoms with E-state index in [1.807, 2.05) is 42.6 Å². The molecule has 3 aromatic heterocycles. The first-order chi connectivity index (χ1) is 14.8. The third kappa shape index (κ3) is 3.49. The normalized spacial score (nSPS) is 15.9. The number of aromatic nitrogens is 1. The van der Waals surface area contributed by atoms with Gasteiger partial charge in [-0.05, 0) is 35.9 Å². The van der Waals surface area contributed by atoms with Gasteiger partial charge in [0, 0.05) is 30.9 Å². The van der Waals surface area contributed by atoms with Gasteiger partial charge in [0.25, 0.3) is 5.91 Å². The summed E-state index contributed by atoms with van der Waals surface area (Å²) in [5, 5.41) is 3.86. The Bertz CT molecular complexity index is 1130. The van der Waals surface area contributed by atoms with Crippen molar-refractivity contribution in [1.82, 2.24) is 9.88 Å². The summed E-state index contributed by atoms with van der Waals surface area (Å²) in [5.74, 6) is 0.598. The van der Waals surface area contributed by atoms with Crippen LogP contribution < -0.4 is 5.32 Å². The molecule has 1 aromatic carbocycles. The number of hydrogen-bond acceptors (Lipinski definition) is 6. The molecule has 1 saturated heterocycles. The Morgan fingerprint density at radius 1 is 1.07 bits per heavy atom. The number of hydrogen-bond donors (Lipinski definition) is 1. The topological polar surface area (TPSA) is 80.7 Å². The lowest BCUT2D eigenvalue weighted by Crippen LogP contribution is -2.39. The van der Waals surface area contributed by atoms with Gasteiger partial charge in [-0.2, -0.15) is 0 Å². The van der Waals surface area contributed by atoms with E-state index in [2.05, 4.69) is 15.2 Å². The van der Waals surface area contributed by atoms with Crippen LogP contribution in [0.4, 0.5) is 5.69 Å². The number of carbonyl (C=O) groups is 1. The molecule has 1 amide bonds. The second kappa shape index (κ2) is 8.14. The van der Waals surface area contributed by atoms with Crippen molar-refractivity contribution in [1.29, 1.82) is 0 Å². The van der Waals surface area contributed by atoms with E-state index >= 15 is 0 Å². The van der Waals surface area contributed by atoms with Crippen molar-refractivity contribution in [2.24, 2.45) is 0 Å². The van der Waals surface area contributed by atoms with Gasteiger partial charge in [-0.25, -0.2) is 0 Å². The van der Waals surface area contributed by atoms with Crippen LogP contribution in [0.2, 0.25) is 0 Å². The summed E-state index contributed by atoms with van der Waals surface area (Å²) in [6.07, 6.45) is 5.07. The average Bonchev–Trinajstić information content (AvgIpc) is 3.45. The number of benzene rings is 1. The standard InChI is InChI=1S/C23H21N3O4/c27-23(19-8-4-12-29-19)25-20-17-6-1-2-7-18(17)30-22(20)21(16-5-3-9-24-15-16)26-10-13-28-14-11-26/h1-9,12,15,21H,10-11,13-14H2,(H,25,27)/t21-/m0/s1. The van der Waals surface area contributed by atoms with E-state index in [-0.39, 0.29) is 17.7 Å². The number of ether oxygens (including phenoxy) is 1. The highest BCUT2D eigenvalue weighted by Gasteiger charge is 2.31. The van der Waals surface area contributed by atoms with Crippen molar-refractivity contribution >= 4 is 22.6 Å². The second-order valence-electron chi connectivity index (χ2n) is 7.11. The van der Waals surface area contributed by atoms with Crippen LogP contribution in [0.5, 0.6) is 0 Å². The molecule has 7 heteroatoms. The lowest BCUT2D eigenvalue weighted by Gasteiger charge is -2.33. The van der Waals surface area contributed by atoms with E-state index in [9.17, 15) is 4.79 Å². The summed E-state index contributed by atoms with van der Waals surface area (Å²) in [6.45, 7) is 2.79. The van der Waals surface area contributed by atoms with E-state index in [1.165, 1.54) is 6.26 Å². The number of morpholine rings is 1. The van der Waals surface area contributed by atoms with Crippen LogP contribution in [0, 0.1) is 0 Å². The predicted octanol–water partition coefficient (Wildman–Crippen LogP) is 4.09. The molecule has 30 heavy (non-hydrogen) atoms. The van der Waals surface area contributed by atoms with Crippen molar-refractivity contribution in [2.45, 2.75) is 6.04 Å². The molecule has 1 aliphatic heterocycles.